The van der Waals surface area contributed by atoms with Crippen LogP contribution in [0.1, 0.15) is 19.8 Å². The molecule has 0 fully saturated rings. The standard InChI is InChI=1S/C7H18NOPS/c1-5-6-7-9-10(4,11)8(2)3/h5-7H2,1-4H3. The predicted molar refractivity (Wildman–Crippen MR) is 54.8 cm³/mol. The molecule has 0 amide bonds. The first-order valence-corrected chi connectivity index (χ1v) is 7.02. The first kappa shape index (κ1) is 11.6. The van der Waals surface area contributed by atoms with E-state index in [0.29, 0.717) is 0 Å². The Morgan fingerprint density at radius 3 is 2.36 bits per heavy atom. The lowest BCUT2D eigenvalue weighted by molar-refractivity contribution is 0.320. The van der Waals surface area contributed by atoms with Crippen LogP contribution in [-0.4, -0.2) is 32.0 Å². The Bertz CT molecular complexity index is 149. The molecule has 0 aliphatic carbocycles. The van der Waals surface area contributed by atoms with Gasteiger partial charge in [-0.1, -0.05) is 25.2 Å². The molecular formula is C7H18NOPS. The normalized spacial score (nSPS) is 16.8. The molecule has 0 aliphatic rings. The lowest BCUT2D eigenvalue weighted by Crippen LogP contribution is -2.09. The van der Waals surface area contributed by atoms with Crippen molar-refractivity contribution in [2.24, 2.45) is 0 Å². The van der Waals surface area contributed by atoms with E-state index in [1.54, 1.807) is 0 Å². The van der Waals surface area contributed by atoms with Gasteiger partial charge in [-0.3, -0.25) is 4.67 Å². The highest BCUT2D eigenvalue weighted by molar-refractivity contribution is 8.10. The summed E-state index contributed by atoms with van der Waals surface area (Å²) in [6, 6.07) is 0. The molecule has 68 valence electrons. The second-order valence-corrected chi connectivity index (χ2v) is 7.53. The van der Waals surface area contributed by atoms with Crippen molar-refractivity contribution in [2.45, 2.75) is 19.8 Å². The van der Waals surface area contributed by atoms with Gasteiger partial charge in [-0.15, -0.1) is 0 Å². The topological polar surface area (TPSA) is 12.5 Å². The van der Waals surface area contributed by atoms with E-state index < -0.39 is 6.42 Å². The van der Waals surface area contributed by atoms with Crippen molar-refractivity contribution in [3.63, 3.8) is 0 Å². The minimum Gasteiger partial charge on any atom is -0.338 e. The van der Waals surface area contributed by atoms with Crippen LogP contribution < -0.4 is 0 Å². The molecule has 0 saturated heterocycles. The Hall–Kier alpha value is 0.570. The highest BCUT2D eigenvalue weighted by atomic mass is 32.4. The molecule has 0 spiro atoms. The maximum Gasteiger partial charge on any atom is 0.128 e. The SMILES string of the molecule is CCCCOP(C)(=S)N(C)C. The van der Waals surface area contributed by atoms with Crippen LogP contribution in [0.25, 0.3) is 0 Å². The number of hydrogen-bond donors (Lipinski definition) is 0. The van der Waals surface area contributed by atoms with Crippen LogP contribution >= 0.6 is 6.42 Å². The summed E-state index contributed by atoms with van der Waals surface area (Å²) < 4.78 is 7.60. The van der Waals surface area contributed by atoms with Gasteiger partial charge in [-0.05, 0) is 20.5 Å². The quantitative estimate of drug-likeness (QED) is 0.493. The van der Waals surface area contributed by atoms with Gasteiger partial charge < -0.3 is 4.52 Å². The van der Waals surface area contributed by atoms with Gasteiger partial charge >= 0.3 is 0 Å². The van der Waals surface area contributed by atoms with Gasteiger partial charge in [0.15, 0.2) is 0 Å². The highest BCUT2D eigenvalue weighted by Crippen LogP contribution is 2.44. The molecular weight excluding hydrogens is 177 g/mol. The number of hydrogen-bond acceptors (Lipinski definition) is 2. The molecule has 0 bridgehead atoms. The van der Waals surface area contributed by atoms with Gasteiger partial charge in [-0.2, -0.15) is 0 Å². The molecule has 1 atom stereocenters. The Morgan fingerprint density at radius 1 is 1.45 bits per heavy atom. The molecule has 0 heterocycles. The monoisotopic (exact) mass is 195 g/mol. The number of unbranched alkanes of at least 4 members (excludes halogenated alkanes) is 1. The van der Waals surface area contributed by atoms with Gasteiger partial charge in [0.1, 0.15) is 6.42 Å². The zero-order chi connectivity index (χ0) is 8.91. The lowest BCUT2D eigenvalue weighted by Gasteiger charge is -2.24. The van der Waals surface area contributed by atoms with Crippen molar-refractivity contribution >= 4 is 18.2 Å². The third-order valence-corrected chi connectivity index (χ3v) is 4.97. The summed E-state index contributed by atoms with van der Waals surface area (Å²) in [6.07, 6.45) is 0.653. The third kappa shape index (κ3) is 4.91. The molecule has 0 radical (unpaired) electrons. The molecule has 1 unspecified atom stereocenters. The van der Waals surface area contributed by atoms with Crippen molar-refractivity contribution in [1.82, 2.24) is 4.67 Å². The van der Waals surface area contributed by atoms with Crippen molar-refractivity contribution in [3.05, 3.63) is 0 Å². The minimum absolute atomic E-state index is 0.808. The van der Waals surface area contributed by atoms with Crippen molar-refractivity contribution in [3.8, 4) is 0 Å². The molecule has 0 saturated carbocycles. The van der Waals surface area contributed by atoms with Crippen molar-refractivity contribution < 1.29 is 4.52 Å². The molecule has 0 N–H and O–H groups in total. The average molecular weight is 195 g/mol. The summed E-state index contributed by atoms with van der Waals surface area (Å²) in [5.74, 6) is 0. The van der Waals surface area contributed by atoms with Crippen LogP contribution in [-0.2, 0) is 16.3 Å². The Labute approximate surface area is 75.1 Å². The van der Waals surface area contributed by atoms with Crippen LogP contribution in [0, 0.1) is 0 Å². The van der Waals surface area contributed by atoms with Gasteiger partial charge in [0.05, 0.1) is 6.61 Å². The number of rotatable bonds is 5. The zero-order valence-corrected chi connectivity index (χ0v) is 9.54. The molecule has 2 nitrogen and oxygen atoms in total. The molecule has 4 heteroatoms. The van der Waals surface area contributed by atoms with E-state index in [2.05, 4.69) is 6.92 Å². The number of nitrogens with zero attached hydrogens (tertiary/aromatic N) is 1. The second kappa shape index (κ2) is 5.26. The molecule has 0 aromatic carbocycles. The first-order valence-electron chi connectivity index (χ1n) is 3.90. The molecule has 11 heavy (non-hydrogen) atoms. The van der Waals surface area contributed by atoms with Gasteiger partial charge in [-0.25, -0.2) is 0 Å². The first-order chi connectivity index (χ1) is 5.00. The predicted octanol–water partition coefficient (Wildman–Crippen LogP) is 2.30. The van der Waals surface area contributed by atoms with Gasteiger partial charge in [0.2, 0.25) is 0 Å². The fraction of sp³-hybridized carbons (Fsp3) is 1.00. The Kier molecular flexibility index (Phi) is 5.53. The van der Waals surface area contributed by atoms with Crippen LogP contribution in [0.2, 0.25) is 0 Å². The van der Waals surface area contributed by atoms with E-state index in [1.807, 2.05) is 25.4 Å². The van der Waals surface area contributed by atoms with Crippen LogP contribution in [0.15, 0.2) is 0 Å². The molecule has 0 rings (SSSR count). The van der Waals surface area contributed by atoms with Crippen molar-refractivity contribution in [1.29, 1.82) is 0 Å². The summed E-state index contributed by atoms with van der Waals surface area (Å²) >= 11 is 5.30. The van der Waals surface area contributed by atoms with E-state index in [9.17, 15) is 0 Å². The minimum atomic E-state index is -1.63. The van der Waals surface area contributed by atoms with Crippen molar-refractivity contribution in [2.75, 3.05) is 27.4 Å². The summed E-state index contributed by atoms with van der Waals surface area (Å²) in [4.78, 5) is 0. The molecule has 0 aromatic heterocycles. The summed E-state index contributed by atoms with van der Waals surface area (Å²) in [5.41, 5.74) is 0. The Balaban J connectivity index is 3.65. The summed E-state index contributed by atoms with van der Waals surface area (Å²) in [5, 5.41) is 0. The molecule has 0 aromatic rings. The molecule has 0 aliphatic heterocycles. The highest BCUT2D eigenvalue weighted by Gasteiger charge is 2.11. The maximum atomic E-state index is 5.58. The van der Waals surface area contributed by atoms with E-state index in [0.717, 1.165) is 13.0 Å². The lowest BCUT2D eigenvalue weighted by atomic mass is 10.4. The van der Waals surface area contributed by atoms with Crippen LogP contribution in [0.4, 0.5) is 0 Å². The third-order valence-electron chi connectivity index (χ3n) is 1.56. The van der Waals surface area contributed by atoms with Crippen LogP contribution in [0.5, 0.6) is 0 Å². The van der Waals surface area contributed by atoms with Gasteiger partial charge in [0.25, 0.3) is 0 Å². The van der Waals surface area contributed by atoms with E-state index in [4.69, 9.17) is 16.3 Å². The summed E-state index contributed by atoms with van der Waals surface area (Å²) in [6.45, 7) is 4.97. The smallest absolute Gasteiger partial charge is 0.128 e. The maximum absolute atomic E-state index is 5.58. The van der Waals surface area contributed by atoms with E-state index in [1.165, 1.54) is 6.42 Å². The van der Waals surface area contributed by atoms with Crippen LogP contribution in [0.3, 0.4) is 0 Å². The van der Waals surface area contributed by atoms with Gasteiger partial charge in [0, 0.05) is 6.66 Å². The average Bonchev–Trinajstić information content (AvgIpc) is 1.88. The largest absolute Gasteiger partial charge is 0.338 e. The second-order valence-electron chi connectivity index (χ2n) is 2.84. The van der Waals surface area contributed by atoms with E-state index in [-0.39, 0.29) is 0 Å². The fourth-order valence-corrected chi connectivity index (χ4v) is 1.42. The summed E-state index contributed by atoms with van der Waals surface area (Å²) in [7, 11) is 3.96. The fourth-order valence-electron chi connectivity index (χ4n) is 0.494. The Morgan fingerprint density at radius 2 is 2.00 bits per heavy atom. The van der Waals surface area contributed by atoms with E-state index >= 15 is 0 Å². The zero-order valence-electron chi connectivity index (χ0n) is 7.83.